The van der Waals surface area contributed by atoms with E-state index < -0.39 is 0 Å². The quantitative estimate of drug-likeness (QED) is 0.555. The fourth-order valence-corrected chi connectivity index (χ4v) is 1.51. The van der Waals surface area contributed by atoms with Crippen molar-refractivity contribution in [2.24, 2.45) is 5.73 Å². The number of rotatable bonds is 4. The number of hydrogen-bond donors (Lipinski definition) is 2. The van der Waals surface area contributed by atoms with Gasteiger partial charge < -0.3 is 15.7 Å². The van der Waals surface area contributed by atoms with E-state index in [2.05, 4.69) is 11.1 Å². The van der Waals surface area contributed by atoms with Crippen molar-refractivity contribution in [1.29, 1.82) is 5.26 Å². The van der Waals surface area contributed by atoms with Crippen LogP contribution in [0.1, 0.15) is 6.42 Å². The Kier molecular flexibility index (Phi) is 4.66. The molecule has 3 N–H and O–H groups in total. The highest BCUT2D eigenvalue weighted by atomic mass is 16.3. The first-order valence-electron chi connectivity index (χ1n) is 4.99. The van der Waals surface area contributed by atoms with Gasteiger partial charge in [-0.1, -0.05) is 0 Å². The van der Waals surface area contributed by atoms with Crippen molar-refractivity contribution < 1.29 is 5.11 Å². The van der Waals surface area contributed by atoms with E-state index in [0.29, 0.717) is 0 Å². The molecule has 0 radical (unpaired) electrons. The van der Waals surface area contributed by atoms with Crippen LogP contribution < -0.4 is 5.73 Å². The van der Waals surface area contributed by atoms with Gasteiger partial charge in [0.2, 0.25) is 0 Å². The summed E-state index contributed by atoms with van der Waals surface area (Å²) in [6.45, 7) is 4.44. The first-order chi connectivity index (χ1) is 6.76. The lowest BCUT2D eigenvalue weighted by molar-refractivity contribution is 0.162. The third-order valence-electron chi connectivity index (χ3n) is 2.56. The Morgan fingerprint density at radius 3 is 2.50 bits per heavy atom. The number of piperazine rings is 1. The Morgan fingerprint density at radius 1 is 1.36 bits per heavy atom. The molecule has 0 aromatic rings. The molecule has 1 fully saturated rings. The lowest BCUT2D eigenvalue weighted by Crippen LogP contribution is -2.45. The third kappa shape index (κ3) is 3.50. The van der Waals surface area contributed by atoms with Gasteiger partial charge in [-0.15, -0.1) is 0 Å². The largest absolute Gasteiger partial charge is 0.395 e. The lowest BCUT2D eigenvalue weighted by Gasteiger charge is -2.31. The molecule has 0 aromatic heterocycles. The van der Waals surface area contributed by atoms with E-state index in [1.807, 2.05) is 0 Å². The molecule has 0 bridgehead atoms. The third-order valence-corrected chi connectivity index (χ3v) is 2.56. The molecule has 1 atom stereocenters. The molecule has 1 aliphatic heterocycles. The predicted molar refractivity (Wildman–Crippen MR) is 53.3 cm³/mol. The van der Waals surface area contributed by atoms with Gasteiger partial charge in [-0.2, -0.15) is 5.26 Å². The molecule has 0 aliphatic carbocycles. The molecule has 0 amide bonds. The predicted octanol–water partition coefficient (Wildman–Crippen LogP) is -1.21. The summed E-state index contributed by atoms with van der Waals surface area (Å²) in [5.41, 5.74) is 5.60. The van der Waals surface area contributed by atoms with Gasteiger partial charge in [0.15, 0.2) is 6.19 Å². The van der Waals surface area contributed by atoms with Crippen LogP contribution in [0.15, 0.2) is 0 Å². The highest BCUT2D eigenvalue weighted by Crippen LogP contribution is 2.01. The van der Waals surface area contributed by atoms with Crippen LogP contribution in [0.3, 0.4) is 0 Å². The average molecular weight is 198 g/mol. The molecule has 5 heteroatoms. The molecule has 0 spiro atoms. The van der Waals surface area contributed by atoms with Crippen LogP contribution in [0, 0.1) is 11.5 Å². The normalized spacial score (nSPS) is 20.5. The summed E-state index contributed by atoms with van der Waals surface area (Å²) in [5, 5.41) is 17.4. The lowest BCUT2D eigenvalue weighted by atomic mass is 10.2. The van der Waals surface area contributed by atoms with Crippen molar-refractivity contribution in [3.63, 3.8) is 0 Å². The van der Waals surface area contributed by atoms with E-state index in [1.165, 1.54) is 0 Å². The van der Waals surface area contributed by atoms with Crippen LogP contribution in [0.4, 0.5) is 0 Å². The Bertz CT molecular complexity index is 195. The van der Waals surface area contributed by atoms with E-state index in [4.69, 9.17) is 16.1 Å². The van der Waals surface area contributed by atoms with E-state index in [-0.39, 0.29) is 12.6 Å². The van der Waals surface area contributed by atoms with Crippen molar-refractivity contribution in [3.8, 4) is 6.19 Å². The zero-order valence-electron chi connectivity index (χ0n) is 8.39. The van der Waals surface area contributed by atoms with Gasteiger partial charge in [-0.25, -0.2) is 0 Å². The van der Waals surface area contributed by atoms with E-state index >= 15 is 0 Å². The minimum absolute atomic E-state index is 0.0537. The number of nitrogens with zero attached hydrogens (tertiary/aromatic N) is 3. The molecule has 0 saturated carbocycles. The molecule has 1 rings (SSSR count). The topological polar surface area (TPSA) is 76.5 Å². The van der Waals surface area contributed by atoms with Crippen molar-refractivity contribution in [3.05, 3.63) is 0 Å². The minimum atomic E-state index is -0.107. The van der Waals surface area contributed by atoms with Gasteiger partial charge in [0.25, 0.3) is 0 Å². The SMILES string of the molecule is N#CN1CCN(CCC(N)CO)CC1. The smallest absolute Gasteiger partial charge is 0.179 e. The molecule has 0 aromatic carbocycles. The summed E-state index contributed by atoms with van der Waals surface area (Å²) >= 11 is 0. The first-order valence-corrected chi connectivity index (χ1v) is 4.99. The summed E-state index contributed by atoms with van der Waals surface area (Å²) in [5.74, 6) is 0. The minimum Gasteiger partial charge on any atom is -0.395 e. The Morgan fingerprint density at radius 2 is 2.00 bits per heavy atom. The molecule has 1 heterocycles. The summed E-state index contributed by atoms with van der Waals surface area (Å²) in [6, 6.07) is -0.107. The van der Waals surface area contributed by atoms with Crippen LogP contribution in [0.2, 0.25) is 0 Å². The number of aliphatic hydroxyl groups is 1. The van der Waals surface area contributed by atoms with Gasteiger partial charge in [0.1, 0.15) is 0 Å². The van der Waals surface area contributed by atoms with Gasteiger partial charge in [-0.05, 0) is 13.0 Å². The van der Waals surface area contributed by atoms with Crippen molar-refractivity contribution >= 4 is 0 Å². The van der Waals surface area contributed by atoms with Gasteiger partial charge in [0.05, 0.1) is 6.61 Å². The monoisotopic (exact) mass is 198 g/mol. The van der Waals surface area contributed by atoms with E-state index in [1.54, 1.807) is 4.90 Å². The highest BCUT2D eigenvalue weighted by Gasteiger charge is 2.15. The van der Waals surface area contributed by atoms with Crippen molar-refractivity contribution in [1.82, 2.24) is 9.80 Å². The van der Waals surface area contributed by atoms with Crippen LogP contribution >= 0.6 is 0 Å². The zero-order valence-corrected chi connectivity index (χ0v) is 8.39. The fourth-order valence-electron chi connectivity index (χ4n) is 1.51. The summed E-state index contributed by atoms with van der Waals surface area (Å²) in [4.78, 5) is 4.05. The standard InChI is InChI=1S/C9H18N4O/c10-8-13-5-3-12(4-6-13)2-1-9(11)7-14/h9,14H,1-7,11H2. The molecule has 14 heavy (non-hydrogen) atoms. The number of nitrogens with two attached hydrogens (primary N) is 1. The molecule has 5 nitrogen and oxygen atoms in total. The van der Waals surface area contributed by atoms with Crippen LogP contribution in [-0.4, -0.2) is 60.3 Å². The number of aliphatic hydroxyl groups excluding tert-OH is 1. The molecular weight excluding hydrogens is 180 g/mol. The van der Waals surface area contributed by atoms with E-state index in [9.17, 15) is 0 Å². The zero-order chi connectivity index (χ0) is 10.4. The molecule has 1 saturated heterocycles. The number of hydrogen-bond acceptors (Lipinski definition) is 5. The van der Waals surface area contributed by atoms with Crippen LogP contribution in [0.25, 0.3) is 0 Å². The average Bonchev–Trinajstić information content (AvgIpc) is 2.26. The molecular formula is C9H18N4O. The Labute approximate surface area is 84.7 Å². The Hall–Kier alpha value is -0.830. The van der Waals surface area contributed by atoms with Gasteiger partial charge in [0, 0.05) is 32.2 Å². The van der Waals surface area contributed by atoms with Gasteiger partial charge >= 0.3 is 0 Å². The second kappa shape index (κ2) is 5.81. The van der Waals surface area contributed by atoms with E-state index in [0.717, 1.165) is 39.1 Å². The highest BCUT2D eigenvalue weighted by molar-refractivity contribution is 4.81. The maximum absolute atomic E-state index is 8.75. The second-order valence-electron chi connectivity index (χ2n) is 3.66. The fraction of sp³-hybridized carbons (Fsp3) is 0.889. The van der Waals surface area contributed by atoms with Crippen molar-refractivity contribution in [2.75, 3.05) is 39.3 Å². The molecule has 1 aliphatic rings. The Balaban J connectivity index is 2.13. The molecule has 80 valence electrons. The summed E-state index contributed by atoms with van der Waals surface area (Å²) in [6.07, 6.45) is 2.96. The number of nitriles is 1. The maximum atomic E-state index is 8.75. The molecule has 1 unspecified atom stereocenters. The second-order valence-corrected chi connectivity index (χ2v) is 3.66. The van der Waals surface area contributed by atoms with Crippen LogP contribution in [0.5, 0.6) is 0 Å². The first kappa shape index (κ1) is 11.2. The van der Waals surface area contributed by atoms with Crippen LogP contribution in [-0.2, 0) is 0 Å². The summed E-state index contributed by atoms with van der Waals surface area (Å²) in [7, 11) is 0. The van der Waals surface area contributed by atoms with Crippen molar-refractivity contribution in [2.45, 2.75) is 12.5 Å². The summed E-state index contributed by atoms with van der Waals surface area (Å²) < 4.78 is 0. The maximum Gasteiger partial charge on any atom is 0.179 e. The van der Waals surface area contributed by atoms with Gasteiger partial charge in [-0.3, -0.25) is 4.90 Å².